The maximum absolute atomic E-state index is 13.3. The Hall–Kier alpha value is -5.95. The van der Waals surface area contributed by atoms with Gasteiger partial charge in [0, 0.05) is 32.0 Å². The van der Waals surface area contributed by atoms with Crippen molar-refractivity contribution in [3.63, 3.8) is 0 Å². The third-order valence-electron chi connectivity index (χ3n) is 12.4. The second-order valence-corrected chi connectivity index (χ2v) is 24.4. The number of carbonyl (C=O) groups excluding carboxylic acids is 3. The number of benzene rings is 4. The first kappa shape index (κ1) is 52.9. The molecule has 2 aliphatic heterocycles. The van der Waals surface area contributed by atoms with E-state index in [2.05, 4.69) is 20.6 Å². The minimum absolute atomic E-state index is 0.0484. The SMILES string of the molecule is O=C(Nc1ncc(Oc2ccc(CO)cc2)s1)C(OC1CCOCC1)c1ccc(S(=O)(=O)C2CC2)cc1.O=Cc1ccc(Oc2cnc(NC(=O)C(OC3CCOCC3)c3ccc(S(=O)(=O)C4CC4)cc3)s2)cc1. The molecule has 74 heavy (non-hydrogen) atoms. The highest BCUT2D eigenvalue weighted by atomic mass is 32.2. The lowest BCUT2D eigenvalue weighted by Gasteiger charge is -2.27. The molecule has 4 fully saturated rings. The van der Waals surface area contributed by atoms with Crippen molar-refractivity contribution in [1.82, 2.24) is 9.97 Å². The number of aliphatic hydroxyl groups is 1. The number of hydrogen-bond donors (Lipinski definition) is 3. The molecule has 2 aliphatic carbocycles. The summed E-state index contributed by atoms with van der Waals surface area (Å²) in [5.41, 5.74) is 2.44. The van der Waals surface area contributed by atoms with Gasteiger partial charge in [-0.25, -0.2) is 26.8 Å². The quantitative estimate of drug-likeness (QED) is 0.0605. The van der Waals surface area contributed by atoms with Gasteiger partial charge < -0.3 is 33.5 Å². The van der Waals surface area contributed by atoms with E-state index >= 15 is 0 Å². The van der Waals surface area contributed by atoms with E-state index in [4.69, 9.17) is 28.4 Å². The summed E-state index contributed by atoms with van der Waals surface area (Å²) in [4.78, 5) is 46.5. The van der Waals surface area contributed by atoms with Gasteiger partial charge in [0.05, 0.1) is 51.5 Å². The molecule has 4 aliphatic rings. The van der Waals surface area contributed by atoms with Gasteiger partial charge in [-0.1, -0.05) is 59.1 Å². The van der Waals surface area contributed by atoms with Crippen LogP contribution < -0.4 is 20.1 Å². The zero-order valence-corrected chi connectivity index (χ0v) is 43.2. The fourth-order valence-electron chi connectivity index (χ4n) is 7.98. The Morgan fingerprint density at radius 3 is 1.35 bits per heavy atom. The van der Waals surface area contributed by atoms with Crippen LogP contribution in [0.25, 0.3) is 0 Å². The van der Waals surface area contributed by atoms with Crippen LogP contribution >= 0.6 is 22.7 Å². The van der Waals surface area contributed by atoms with E-state index in [0.29, 0.717) is 126 Å². The number of hydrogen-bond acceptors (Lipinski definition) is 18. The maximum atomic E-state index is 13.3. The van der Waals surface area contributed by atoms with Crippen molar-refractivity contribution in [2.45, 2.75) is 103 Å². The Bertz CT molecular complexity index is 3080. The van der Waals surface area contributed by atoms with Crippen molar-refractivity contribution in [3.05, 3.63) is 132 Å². The van der Waals surface area contributed by atoms with Crippen LogP contribution in [0.15, 0.2) is 119 Å². The topological polar surface area (TPSA) is 245 Å². The average Bonchev–Trinajstić information content (AvgIpc) is 4.38. The molecule has 0 radical (unpaired) electrons. The lowest BCUT2D eigenvalue weighted by Crippen LogP contribution is -2.31. The van der Waals surface area contributed by atoms with E-state index in [9.17, 15) is 36.3 Å². The minimum atomic E-state index is -3.33. The Kier molecular flexibility index (Phi) is 17.3. The van der Waals surface area contributed by atoms with E-state index < -0.39 is 43.7 Å². The largest absolute Gasteiger partial charge is 0.445 e. The molecular weight excluding hydrogens is 1030 g/mol. The van der Waals surface area contributed by atoms with Crippen molar-refractivity contribution < 1.29 is 64.7 Å². The Labute approximate surface area is 436 Å². The number of sulfone groups is 2. The summed E-state index contributed by atoms with van der Waals surface area (Å²) in [5.74, 6) is 0.299. The van der Waals surface area contributed by atoms with Crippen LogP contribution in [0, 0.1) is 0 Å². The van der Waals surface area contributed by atoms with Gasteiger partial charge in [-0.2, -0.15) is 0 Å². The second-order valence-electron chi connectivity index (χ2n) is 17.9. The summed E-state index contributed by atoms with van der Waals surface area (Å²) in [7, 11) is -6.65. The summed E-state index contributed by atoms with van der Waals surface area (Å²) in [6.07, 6.45) is 6.97. The molecular formula is C52H54N4O14S4. The zero-order valence-electron chi connectivity index (χ0n) is 39.9. The van der Waals surface area contributed by atoms with Crippen molar-refractivity contribution in [3.8, 4) is 21.6 Å². The molecule has 22 heteroatoms. The predicted molar refractivity (Wildman–Crippen MR) is 274 cm³/mol. The van der Waals surface area contributed by atoms with Crippen molar-refractivity contribution >= 4 is 70.7 Å². The Morgan fingerprint density at radius 2 is 0.986 bits per heavy atom. The van der Waals surface area contributed by atoms with Gasteiger partial charge in [-0.3, -0.25) is 25.0 Å². The predicted octanol–water partition coefficient (Wildman–Crippen LogP) is 8.80. The van der Waals surface area contributed by atoms with Gasteiger partial charge in [0.1, 0.15) is 17.8 Å². The fraction of sp³-hybridized carbons (Fsp3) is 0.365. The first-order valence-electron chi connectivity index (χ1n) is 24.1. The molecule has 390 valence electrons. The zero-order chi connectivity index (χ0) is 51.7. The molecule has 0 bridgehead atoms. The monoisotopic (exact) mass is 1090 g/mol. The molecule has 0 spiro atoms. The van der Waals surface area contributed by atoms with Crippen molar-refractivity contribution in [2.24, 2.45) is 0 Å². The summed E-state index contributed by atoms with van der Waals surface area (Å²) in [5, 5.41) is 15.8. The molecule has 4 heterocycles. The number of thiazole rings is 2. The highest BCUT2D eigenvalue weighted by Gasteiger charge is 2.38. The standard InChI is InChI=1S/C26H28N2O7S2.C26H26N2O7S2/c2*29-16-17-1-5-19(6-2-17)34-23-15-27-26(36-23)28-25(30)24(35-20-11-13-33-14-12-20)18-3-7-21(8-4-18)37(31,32)22-9-10-22/h1-8,15,20,22,24,29H,9-14,16H2,(H,27,28,30);1-8,15-16,20,22,24H,9-14H2,(H,27,28,30). The van der Waals surface area contributed by atoms with Crippen LogP contribution in [0.4, 0.5) is 10.3 Å². The van der Waals surface area contributed by atoms with Crippen LogP contribution in [-0.4, -0.2) is 99.1 Å². The summed E-state index contributed by atoms with van der Waals surface area (Å²) in [6, 6.07) is 26.4. The smallest absolute Gasteiger partial charge is 0.259 e. The molecule has 2 unspecified atom stereocenters. The third-order valence-corrected chi connectivity index (χ3v) is 18.5. The first-order valence-corrected chi connectivity index (χ1v) is 28.9. The molecule has 18 nitrogen and oxygen atoms in total. The molecule has 6 aromatic rings. The number of anilines is 2. The summed E-state index contributed by atoms with van der Waals surface area (Å²) >= 11 is 2.32. The lowest BCUT2D eigenvalue weighted by molar-refractivity contribution is -0.136. The van der Waals surface area contributed by atoms with E-state index in [0.717, 1.165) is 23.2 Å². The van der Waals surface area contributed by atoms with E-state index in [1.807, 2.05) is 0 Å². The van der Waals surface area contributed by atoms with Gasteiger partial charge >= 0.3 is 0 Å². The highest BCUT2D eigenvalue weighted by molar-refractivity contribution is 7.92. The van der Waals surface area contributed by atoms with E-state index in [1.54, 1.807) is 97.1 Å². The molecule has 3 N–H and O–H groups in total. The fourth-order valence-corrected chi connectivity index (χ4v) is 12.7. The molecule has 2 saturated carbocycles. The minimum Gasteiger partial charge on any atom is -0.445 e. The number of amides is 2. The maximum Gasteiger partial charge on any atom is 0.259 e. The number of aldehydes is 1. The average molecular weight is 1090 g/mol. The molecule has 4 aromatic carbocycles. The highest BCUT2D eigenvalue weighted by Crippen LogP contribution is 2.38. The Balaban J connectivity index is 0.000000182. The molecule has 10 rings (SSSR count). The molecule has 2 amide bonds. The van der Waals surface area contributed by atoms with E-state index in [1.165, 1.54) is 23.7 Å². The van der Waals surface area contributed by atoms with Gasteiger partial charge in [0.15, 0.2) is 42.1 Å². The first-order chi connectivity index (χ1) is 35.8. The van der Waals surface area contributed by atoms with Crippen LogP contribution in [-0.2, 0) is 54.8 Å². The summed E-state index contributed by atoms with van der Waals surface area (Å²) < 4.78 is 85.1. The van der Waals surface area contributed by atoms with Gasteiger partial charge in [-0.05, 0) is 129 Å². The molecule has 2 aromatic heterocycles. The Morgan fingerprint density at radius 1 is 0.595 bits per heavy atom. The van der Waals surface area contributed by atoms with Crippen molar-refractivity contribution in [1.29, 1.82) is 0 Å². The van der Waals surface area contributed by atoms with Gasteiger partial charge in [0.25, 0.3) is 11.8 Å². The number of aliphatic hydroxyl groups excluding tert-OH is 1. The van der Waals surface area contributed by atoms with Crippen LogP contribution in [0.2, 0.25) is 0 Å². The van der Waals surface area contributed by atoms with Crippen molar-refractivity contribution in [2.75, 3.05) is 37.1 Å². The van der Waals surface area contributed by atoms with E-state index in [-0.39, 0.29) is 39.1 Å². The second kappa shape index (κ2) is 24.2. The number of nitrogens with zero attached hydrogens (tertiary/aromatic N) is 2. The third kappa shape index (κ3) is 13.9. The van der Waals surface area contributed by atoms with Gasteiger partial charge in [0.2, 0.25) is 10.1 Å². The lowest BCUT2D eigenvalue weighted by atomic mass is 10.1. The van der Waals surface area contributed by atoms with Crippen LogP contribution in [0.5, 0.6) is 21.6 Å². The number of ether oxygens (including phenoxy) is 6. The van der Waals surface area contributed by atoms with Crippen LogP contribution in [0.3, 0.4) is 0 Å². The molecule has 2 atom stereocenters. The molecule has 2 saturated heterocycles. The van der Waals surface area contributed by atoms with Gasteiger partial charge in [-0.15, -0.1) is 0 Å². The van der Waals surface area contributed by atoms with Crippen LogP contribution in [0.1, 0.15) is 90.6 Å². The summed E-state index contributed by atoms with van der Waals surface area (Å²) in [6.45, 7) is 2.18. The number of nitrogens with one attached hydrogen (secondary N) is 2. The number of carbonyl (C=O) groups is 3. The number of aromatic nitrogens is 2. The number of rotatable bonds is 20. The normalized spacial score (nSPS) is 17.3.